The molecule has 2 N–H and O–H groups in total. The molecule has 0 radical (unpaired) electrons. The molecule has 4 amide bonds. The molecule has 0 atom stereocenters. The Morgan fingerprint density at radius 2 is 0.738 bits per heavy atom. The molecule has 8 aliphatic rings. The molecule has 0 saturated heterocycles. The van der Waals surface area contributed by atoms with Crippen LogP contribution in [0.3, 0.4) is 0 Å². The summed E-state index contributed by atoms with van der Waals surface area (Å²) in [6, 6.07) is 1.80. The van der Waals surface area contributed by atoms with Gasteiger partial charge in [0.25, 0.3) is 0 Å². The van der Waals surface area contributed by atoms with Gasteiger partial charge in [0, 0.05) is 24.2 Å². The minimum atomic E-state index is -0.0300. The van der Waals surface area contributed by atoms with Crippen molar-refractivity contribution >= 4 is 35.5 Å². The van der Waals surface area contributed by atoms with Crippen LogP contribution >= 0.6 is 0 Å². The van der Waals surface area contributed by atoms with Crippen molar-refractivity contribution in [2.45, 2.75) is 287 Å². The summed E-state index contributed by atoms with van der Waals surface area (Å²) in [5, 5.41) is 16.4. The maximum atomic E-state index is 14.5. The van der Waals surface area contributed by atoms with Gasteiger partial charge in [0.05, 0.1) is 23.5 Å². The molecule has 0 aromatic rings. The number of nitrogens with zero attached hydrogens (tertiary/aromatic N) is 6. The summed E-state index contributed by atoms with van der Waals surface area (Å²) in [4.78, 5) is 55.8. The van der Waals surface area contributed by atoms with E-state index in [2.05, 4.69) is 20.9 Å². The summed E-state index contributed by atoms with van der Waals surface area (Å²) in [7, 11) is 0. The topological polar surface area (TPSA) is 133 Å². The lowest BCUT2D eigenvalue weighted by molar-refractivity contribution is 0.153. The number of oxime groups is 2. The second kappa shape index (κ2) is 25.8. The third kappa shape index (κ3) is 14.9. The first kappa shape index (κ1) is 48.3. The van der Waals surface area contributed by atoms with Crippen LogP contribution in [-0.4, -0.2) is 81.6 Å². The number of aliphatic imine (C=N–C) groups is 2. The largest absolute Gasteiger partial charge is 0.335 e. The molecule has 8 aliphatic carbocycles. The minimum Gasteiger partial charge on any atom is -0.335 e. The molecule has 12 heteroatoms. The van der Waals surface area contributed by atoms with Crippen LogP contribution in [0.4, 0.5) is 9.59 Å². The quantitative estimate of drug-likeness (QED) is 0.128. The Kier molecular flexibility index (Phi) is 19.2. The zero-order chi connectivity index (χ0) is 44.5. The Hall–Kier alpha value is -3.18. The van der Waals surface area contributed by atoms with Gasteiger partial charge in [-0.15, -0.1) is 0 Å². The van der Waals surface area contributed by atoms with Gasteiger partial charge in [-0.25, -0.2) is 29.4 Å². The van der Waals surface area contributed by atoms with Gasteiger partial charge in [-0.2, -0.15) is 0 Å². The minimum absolute atomic E-state index is 0.0300. The predicted octanol–water partition coefficient (Wildman–Crippen LogP) is 13.2. The maximum absolute atomic E-state index is 14.5. The zero-order valence-corrected chi connectivity index (χ0v) is 40.5. The zero-order valence-electron chi connectivity index (χ0n) is 40.5. The van der Waals surface area contributed by atoms with Gasteiger partial charge in [0.1, 0.15) is 0 Å². The molecule has 0 aromatic heterocycles. The molecule has 364 valence electrons. The number of carbonyl (C=O) groups excluding carboxylic acids is 2. The summed E-state index contributed by atoms with van der Waals surface area (Å²) in [5.41, 5.74) is 2.23. The van der Waals surface area contributed by atoms with Crippen molar-refractivity contribution in [2.75, 3.05) is 0 Å². The van der Waals surface area contributed by atoms with E-state index in [1.165, 1.54) is 70.6 Å². The van der Waals surface area contributed by atoms with Crippen molar-refractivity contribution < 1.29 is 19.3 Å². The van der Waals surface area contributed by atoms with Crippen LogP contribution in [0.5, 0.6) is 0 Å². The van der Waals surface area contributed by atoms with Crippen LogP contribution in [0.25, 0.3) is 0 Å². The van der Waals surface area contributed by atoms with Crippen LogP contribution in [0, 0.1) is 11.8 Å². The normalized spacial score (nSPS) is 28.8. The summed E-state index contributed by atoms with van der Waals surface area (Å²) in [6.45, 7) is 0. The molecule has 0 spiro atoms. The number of hydrogen-bond acceptors (Lipinski definition) is 8. The van der Waals surface area contributed by atoms with Crippen molar-refractivity contribution in [2.24, 2.45) is 32.1 Å². The highest BCUT2D eigenvalue weighted by atomic mass is 16.7. The van der Waals surface area contributed by atoms with E-state index in [0.717, 1.165) is 191 Å². The Balaban J connectivity index is 0.838. The molecular weight excluding hydrogens is 813 g/mol. The predicted molar refractivity (Wildman–Crippen MR) is 262 cm³/mol. The van der Waals surface area contributed by atoms with E-state index in [1.54, 1.807) is 0 Å². The van der Waals surface area contributed by atoms with Gasteiger partial charge in [-0.1, -0.05) is 100 Å². The highest BCUT2D eigenvalue weighted by Crippen LogP contribution is 2.37. The molecule has 0 aromatic carbocycles. The van der Waals surface area contributed by atoms with E-state index in [-0.39, 0.29) is 48.3 Å². The number of amides is 4. The standard InChI is InChI=1S/C53H88N8O4/c62-50(60(48-27-15-5-16-28-48)52(56-42-19-7-1-8-20-42)64-58-46-23-11-3-12-24-46)54-44-35-31-40(32-36-44)39-41-33-37-45(38-34-41)55-51(63)61(49-29-17-6-18-30-49)53(57-43-21-9-2-10-22-43)65-59-47-25-13-4-14-26-47/h40-45,48-49H,1-39H2,(H,54,62)(H,55,63). The fourth-order valence-electron chi connectivity index (χ4n) is 12.8. The van der Waals surface area contributed by atoms with E-state index >= 15 is 0 Å². The van der Waals surface area contributed by atoms with Crippen molar-refractivity contribution in [1.29, 1.82) is 0 Å². The van der Waals surface area contributed by atoms with E-state index in [9.17, 15) is 9.59 Å². The molecule has 0 bridgehead atoms. The molecule has 12 nitrogen and oxygen atoms in total. The maximum Gasteiger partial charge on any atom is 0.326 e. The van der Waals surface area contributed by atoms with Crippen molar-refractivity contribution in [1.82, 2.24) is 20.4 Å². The Morgan fingerprint density at radius 1 is 0.415 bits per heavy atom. The smallest absolute Gasteiger partial charge is 0.326 e. The molecule has 65 heavy (non-hydrogen) atoms. The number of rotatable bonds is 10. The molecule has 0 aliphatic heterocycles. The average molecular weight is 901 g/mol. The SMILES string of the molecule is O=C(NC1CCC(CC2CCC(NC(=O)N(C(=NC3CCCCC3)ON=C3CCCCC3)C3CCCCC3)CC2)CC1)N(C(=NC1CCCCC1)ON=C1CCCCC1)C1CCCCC1. The number of hydrogen-bond donors (Lipinski definition) is 2. The number of nitrogens with one attached hydrogen (secondary N) is 2. The summed E-state index contributed by atoms with van der Waals surface area (Å²) in [5.74, 6) is 1.38. The van der Waals surface area contributed by atoms with Crippen LogP contribution in [0.15, 0.2) is 20.3 Å². The highest BCUT2D eigenvalue weighted by Gasteiger charge is 2.37. The van der Waals surface area contributed by atoms with Gasteiger partial charge >= 0.3 is 24.1 Å². The first-order valence-electron chi connectivity index (χ1n) is 27.8. The second-order valence-electron chi connectivity index (χ2n) is 21.9. The molecular formula is C53H88N8O4. The van der Waals surface area contributed by atoms with Crippen molar-refractivity contribution in [3.63, 3.8) is 0 Å². The number of urea groups is 2. The molecule has 8 fully saturated rings. The van der Waals surface area contributed by atoms with E-state index in [0.29, 0.717) is 23.9 Å². The van der Waals surface area contributed by atoms with Crippen LogP contribution in [0.2, 0.25) is 0 Å². The van der Waals surface area contributed by atoms with E-state index in [4.69, 9.17) is 19.7 Å². The first-order valence-corrected chi connectivity index (χ1v) is 27.8. The van der Waals surface area contributed by atoms with E-state index < -0.39 is 0 Å². The summed E-state index contributed by atoms with van der Waals surface area (Å²) >= 11 is 0. The fourth-order valence-corrected chi connectivity index (χ4v) is 12.8. The first-order chi connectivity index (χ1) is 32.0. The Bertz CT molecular complexity index is 1460. The number of carbonyl (C=O) groups is 2. The monoisotopic (exact) mass is 901 g/mol. The third-order valence-electron chi connectivity index (χ3n) is 16.9. The molecule has 8 saturated carbocycles. The van der Waals surface area contributed by atoms with Crippen molar-refractivity contribution in [3.8, 4) is 0 Å². The van der Waals surface area contributed by atoms with Crippen molar-refractivity contribution in [3.05, 3.63) is 0 Å². The van der Waals surface area contributed by atoms with Crippen LogP contribution in [0.1, 0.15) is 250 Å². The Morgan fingerprint density at radius 3 is 1.09 bits per heavy atom. The lowest BCUT2D eigenvalue weighted by Crippen LogP contribution is -2.54. The summed E-state index contributed by atoms with van der Waals surface area (Å²) < 4.78 is 0. The average Bonchev–Trinajstić information content (AvgIpc) is 3.36. The fraction of sp³-hybridized carbons (Fsp3) is 0.887. The molecule has 0 unspecified atom stereocenters. The highest BCUT2D eigenvalue weighted by molar-refractivity contribution is 5.95. The summed E-state index contributed by atoms with van der Waals surface area (Å²) in [6.07, 6.45) is 43.6. The van der Waals surface area contributed by atoms with E-state index in [1.807, 2.05) is 9.80 Å². The van der Waals surface area contributed by atoms with Crippen LogP contribution < -0.4 is 10.6 Å². The van der Waals surface area contributed by atoms with Gasteiger partial charge in [0.2, 0.25) is 0 Å². The van der Waals surface area contributed by atoms with Gasteiger partial charge in [0.15, 0.2) is 0 Å². The lowest BCUT2D eigenvalue weighted by atomic mass is 9.75. The Labute approximate surface area is 392 Å². The molecule has 8 rings (SSSR count). The van der Waals surface area contributed by atoms with Gasteiger partial charge in [-0.3, -0.25) is 0 Å². The van der Waals surface area contributed by atoms with Gasteiger partial charge in [-0.05, 0) is 172 Å². The third-order valence-corrected chi connectivity index (χ3v) is 16.9. The van der Waals surface area contributed by atoms with Gasteiger partial charge < -0.3 is 20.3 Å². The second-order valence-corrected chi connectivity index (χ2v) is 21.9. The van der Waals surface area contributed by atoms with Crippen LogP contribution in [-0.2, 0) is 9.68 Å². The molecule has 0 heterocycles. The number of amidine groups is 2. The lowest BCUT2D eigenvalue weighted by Gasteiger charge is -2.38.